The van der Waals surface area contributed by atoms with E-state index in [1.165, 1.54) is 7.11 Å². The Labute approximate surface area is 202 Å². The third-order valence-electron chi connectivity index (χ3n) is 8.07. The summed E-state index contributed by atoms with van der Waals surface area (Å²) in [5.74, 6) is -0.284. The van der Waals surface area contributed by atoms with Crippen LogP contribution in [0.5, 0.6) is 0 Å². The van der Waals surface area contributed by atoms with E-state index >= 15 is 0 Å². The monoisotopic (exact) mass is 474 g/mol. The fourth-order valence-corrected chi connectivity index (χ4v) is 5.91. The summed E-state index contributed by atoms with van der Waals surface area (Å²) in [7, 11) is 1.49. The lowest BCUT2D eigenvalue weighted by Crippen LogP contribution is -2.43. The van der Waals surface area contributed by atoms with Crippen molar-refractivity contribution < 1.29 is 14.6 Å². The number of hydrogen-bond acceptors (Lipinski definition) is 5. The zero-order valence-electron chi connectivity index (χ0n) is 20.0. The number of carbonyl (C=O) groups is 1. The van der Waals surface area contributed by atoms with Gasteiger partial charge in [-0.2, -0.15) is 14.7 Å². The summed E-state index contributed by atoms with van der Waals surface area (Å²) in [6, 6.07) is 2.39. The van der Waals surface area contributed by atoms with Gasteiger partial charge < -0.3 is 14.8 Å². The van der Waals surface area contributed by atoms with Crippen LogP contribution in [0, 0.1) is 5.92 Å². The molecule has 2 aliphatic rings. The second-order valence-corrected chi connectivity index (χ2v) is 9.95. The van der Waals surface area contributed by atoms with E-state index in [1.807, 2.05) is 29.2 Å². The largest absolute Gasteiger partial charge is 0.479 e. The lowest BCUT2D eigenvalue weighted by Gasteiger charge is -2.35. The van der Waals surface area contributed by atoms with E-state index in [9.17, 15) is 9.90 Å². The zero-order valence-corrected chi connectivity index (χ0v) is 20.0. The number of rotatable bonds is 5. The quantitative estimate of drug-likeness (QED) is 0.405. The summed E-state index contributed by atoms with van der Waals surface area (Å²) >= 11 is 0. The number of aromatic nitrogens is 6. The molecular weight excluding hydrogens is 444 g/mol. The average molecular weight is 475 g/mol. The number of H-pyrrole nitrogens is 1. The third-order valence-corrected chi connectivity index (χ3v) is 8.07. The second-order valence-electron chi connectivity index (χ2n) is 9.95. The van der Waals surface area contributed by atoms with Crippen LogP contribution in [0.25, 0.3) is 27.8 Å². The standard InChI is InChI=1S/C26H30N6O3/c1-16-5-3-4-6-21(16)31-15-18(13-28-31)20-14-29-32-23-19(9-12-27-23)22(30-24(20)32)17-7-10-26(35-2,11-8-17)25(33)34/h3,5,9,12-17,21,27H,4,6-8,10-11H2,1-2H3,(H,33,34). The molecule has 182 valence electrons. The molecule has 2 unspecified atom stereocenters. The maximum Gasteiger partial charge on any atom is 0.335 e. The van der Waals surface area contributed by atoms with Crippen LogP contribution in [-0.4, -0.2) is 53.1 Å². The first-order valence-electron chi connectivity index (χ1n) is 12.4. The van der Waals surface area contributed by atoms with Gasteiger partial charge in [-0.3, -0.25) is 4.68 Å². The summed E-state index contributed by atoms with van der Waals surface area (Å²) < 4.78 is 9.38. The van der Waals surface area contributed by atoms with Crippen molar-refractivity contribution in [1.82, 2.24) is 29.4 Å². The third kappa shape index (κ3) is 3.48. The van der Waals surface area contributed by atoms with Gasteiger partial charge in [-0.05, 0) is 50.5 Å². The number of nitrogens with one attached hydrogen (secondary N) is 1. The van der Waals surface area contributed by atoms with Gasteiger partial charge in [0.05, 0.1) is 24.1 Å². The Morgan fingerprint density at radius 2 is 2.06 bits per heavy atom. The van der Waals surface area contributed by atoms with Crippen LogP contribution in [0.4, 0.5) is 0 Å². The summed E-state index contributed by atoms with van der Waals surface area (Å²) in [6.07, 6.45) is 16.8. The predicted octanol–water partition coefficient (Wildman–Crippen LogP) is 4.73. The number of fused-ring (bicyclic) bond motifs is 3. The van der Waals surface area contributed by atoms with Crippen LogP contribution in [0.3, 0.4) is 0 Å². The van der Waals surface area contributed by atoms with Gasteiger partial charge in [0.2, 0.25) is 0 Å². The van der Waals surface area contributed by atoms with Gasteiger partial charge in [0.25, 0.3) is 0 Å². The molecule has 4 aromatic heterocycles. The molecule has 6 rings (SSSR count). The number of carboxylic acids is 1. The normalized spacial score (nSPS) is 27.1. The highest BCUT2D eigenvalue weighted by Gasteiger charge is 2.43. The first kappa shape index (κ1) is 22.0. The summed E-state index contributed by atoms with van der Waals surface area (Å²) in [4.78, 5) is 20.3. The number of carboxylic acid groups (broad SMARTS) is 1. The molecule has 0 amide bonds. The van der Waals surface area contributed by atoms with Crippen molar-refractivity contribution in [3.8, 4) is 11.1 Å². The lowest BCUT2D eigenvalue weighted by atomic mass is 9.77. The molecule has 4 aromatic rings. The molecule has 1 saturated carbocycles. The van der Waals surface area contributed by atoms with Crippen molar-refractivity contribution in [1.29, 1.82) is 0 Å². The summed E-state index contributed by atoms with van der Waals surface area (Å²) in [6.45, 7) is 2.24. The molecule has 9 nitrogen and oxygen atoms in total. The SMILES string of the molecule is COC1(C(=O)O)CCC(c2nc3c(-c4cnn(C5CCC=CC5C)c4)cnn3c3[nH]ccc23)CC1. The van der Waals surface area contributed by atoms with E-state index in [4.69, 9.17) is 14.8 Å². The fourth-order valence-electron chi connectivity index (χ4n) is 5.91. The van der Waals surface area contributed by atoms with Gasteiger partial charge in [0, 0.05) is 41.9 Å². The Kier molecular flexibility index (Phi) is 5.25. The van der Waals surface area contributed by atoms with E-state index in [1.54, 1.807) is 0 Å². The number of methoxy groups -OCH3 is 1. The minimum absolute atomic E-state index is 0.154. The molecule has 0 radical (unpaired) electrons. The van der Waals surface area contributed by atoms with E-state index in [0.29, 0.717) is 37.6 Å². The Morgan fingerprint density at radius 1 is 1.23 bits per heavy atom. The van der Waals surface area contributed by atoms with Crippen molar-refractivity contribution in [2.24, 2.45) is 5.92 Å². The summed E-state index contributed by atoms with van der Waals surface area (Å²) in [5.41, 5.74) is 3.52. The molecule has 35 heavy (non-hydrogen) atoms. The van der Waals surface area contributed by atoms with Crippen LogP contribution < -0.4 is 0 Å². The van der Waals surface area contributed by atoms with Gasteiger partial charge >= 0.3 is 5.97 Å². The maximum atomic E-state index is 11.8. The highest BCUT2D eigenvalue weighted by Crippen LogP contribution is 2.42. The lowest BCUT2D eigenvalue weighted by molar-refractivity contribution is -0.166. The minimum Gasteiger partial charge on any atom is -0.479 e. The Bertz CT molecular complexity index is 1420. The number of aliphatic carboxylic acids is 1. The molecule has 2 N–H and O–H groups in total. The zero-order chi connectivity index (χ0) is 24.2. The van der Waals surface area contributed by atoms with Gasteiger partial charge in [-0.15, -0.1) is 0 Å². The average Bonchev–Trinajstić information content (AvgIpc) is 3.62. The molecule has 2 aliphatic carbocycles. The number of hydrogen-bond donors (Lipinski definition) is 2. The van der Waals surface area contributed by atoms with Crippen molar-refractivity contribution in [2.45, 2.75) is 63.0 Å². The topological polar surface area (TPSA) is 110 Å². The first-order valence-corrected chi connectivity index (χ1v) is 12.4. The highest BCUT2D eigenvalue weighted by molar-refractivity contribution is 5.86. The number of nitrogens with zero attached hydrogens (tertiary/aromatic N) is 5. The van der Waals surface area contributed by atoms with E-state index in [2.05, 4.69) is 40.0 Å². The Hall–Kier alpha value is -3.46. The molecule has 0 bridgehead atoms. The molecule has 1 fully saturated rings. The van der Waals surface area contributed by atoms with Gasteiger partial charge in [0.15, 0.2) is 11.2 Å². The van der Waals surface area contributed by atoms with E-state index in [-0.39, 0.29) is 5.92 Å². The molecule has 0 saturated heterocycles. The first-order chi connectivity index (χ1) is 17.0. The van der Waals surface area contributed by atoms with Crippen LogP contribution in [0.1, 0.15) is 63.1 Å². The predicted molar refractivity (Wildman–Crippen MR) is 131 cm³/mol. The number of aromatic amines is 1. The van der Waals surface area contributed by atoms with Gasteiger partial charge in [-0.1, -0.05) is 19.1 Å². The number of allylic oxidation sites excluding steroid dienone is 2. The molecule has 4 heterocycles. The summed E-state index contributed by atoms with van der Waals surface area (Å²) in [5, 5.41) is 20.1. The fraction of sp³-hybridized carbons (Fsp3) is 0.462. The molecule has 9 heteroatoms. The van der Waals surface area contributed by atoms with Crippen molar-refractivity contribution >= 4 is 22.6 Å². The van der Waals surface area contributed by atoms with Gasteiger partial charge in [-0.25, -0.2) is 9.78 Å². The second kappa shape index (κ2) is 8.34. The van der Waals surface area contributed by atoms with Crippen molar-refractivity contribution in [3.05, 3.63) is 48.7 Å². The van der Waals surface area contributed by atoms with Crippen LogP contribution in [0.15, 0.2) is 43.0 Å². The Morgan fingerprint density at radius 3 is 2.80 bits per heavy atom. The highest BCUT2D eigenvalue weighted by atomic mass is 16.5. The van der Waals surface area contributed by atoms with Crippen molar-refractivity contribution in [2.75, 3.05) is 7.11 Å². The molecule has 0 spiro atoms. The molecular formula is C26H30N6O3. The van der Waals surface area contributed by atoms with Crippen LogP contribution in [-0.2, 0) is 9.53 Å². The van der Waals surface area contributed by atoms with E-state index in [0.717, 1.165) is 46.3 Å². The molecule has 2 atom stereocenters. The smallest absolute Gasteiger partial charge is 0.335 e. The van der Waals surface area contributed by atoms with Crippen LogP contribution >= 0.6 is 0 Å². The molecule has 0 aliphatic heterocycles. The molecule has 0 aromatic carbocycles. The number of ether oxygens (including phenoxy) is 1. The van der Waals surface area contributed by atoms with Crippen molar-refractivity contribution in [3.63, 3.8) is 0 Å². The maximum absolute atomic E-state index is 11.8. The van der Waals surface area contributed by atoms with Gasteiger partial charge in [0.1, 0.15) is 5.65 Å². The minimum atomic E-state index is -1.10. The van der Waals surface area contributed by atoms with E-state index < -0.39 is 11.6 Å². The Balaban J connectivity index is 1.38. The van der Waals surface area contributed by atoms with Crippen LogP contribution in [0.2, 0.25) is 0 Å².